The molecule has 4 aliphatic rings. The Balaban J connectivity index is 1.64. The normalized spacial score (nSPS) is 48.7. The summed E-state index contributed by atoms with van der Waals surface area (Å²) in [5.74, 6) is 1.99. The molecule has 8 atom stereocenters. The van der Waals surface area contributed by atoms with Crippen molar-refractivity contribution in [2.45, 2.75) is 84.1 Å². The molecule has 5 unspecified atom stereocenters. The minimum absolute atomic E-state index is 0.00433. The maximum absolute atomic E-state index is 12.3. The van der Waals surface area contributed by atoms with Gasteiger partial charge in [-0.15, -0.1) is 11.6 Å². The largest absolute Gasteiger partial charge is 0.462 e. The summed E-state index contributed by atoms with van der Waals surface area (Å²) in [7, 11) is 0. The van der Waals surface area contributed by atoms with E-state index < -0.39 is 0 Å². The van der Waals surface area contributed by atoms with E-state index in [9.17, 15) is 9.59 Å². The van der Waals surface area contributed by atoms with Crippen LogP contribution < -0.4 is 0 Å². The third-order valence-corrected chi connectivity index (χ3v) is 9.29. The zero-order chi connectivity index (χ0) is 19.6. The second-order valence-electron chi connectivity index (χ2n) is 10.1. The number of allylic oxidation sites excluding steroid dienone is 1. The highest BCUT2D eigenvalue weighted by atomic mass is 35.5. The molecule has 0 aliphatic heterocycles. The van der Waals surface area contributed by atoms with Crippen LogP contribution in [0.2, 0.25) is 0 Å². The van der Waals surface area contributed by atoms with Crippen molar-refractivity contribution in [2.24, 2.45) is 34.5 Å². The van der Waals surface area contributed by atoms with Crippen molar-refractivity contribution >= 4 is 23.4 Å². The van der Waals surface area contributed by atoms with Gasteiger partial charge in [0.05, 0.1) is 5.38 Å². The second kappa shape index (κ2) is 6.61. The fourth-order valence-corrected chi connectivity index (χ4v) is 8.08. The monoisotopic (exact) mass is 392 g/mol. The number of hydrogen-bond acceptors (Lipinski definition) is 3. The SMILES string of the molecule is CC(=O)O[C@H]1CC[C@@]2(C)C(=CC(Cl)C3C4CCC(C(C)=O)[C@@]4(C)CCC32)C1. The topological polar surface area (TPSA) is 43.4 Å². The van der Waals surface area contributed by atoms with Crippen LogP contribution >= 0.6 is 11.6 Å². The summed E-state index contributed by atoms with van der Waals surface area (Å²) in [6.45, 7) is 8.05. The summed E-state index contributed by atoms with van der Waals surface area (Å²) in [6.07, 6.45) is 9.63. The van der Waals surface area contributed by atoms with Gasteiger partial charge in [0.15, 0.2) is 0 Å². The molecule has 3 fully saturated rings. The molecule has 3 nitrogen and oxygen atoms in total. The quantitative estimate of drug-likeness (QED) is 0.363. The number of fused-ring (bicyclic) bond motifs is 5. The average Bonchev–Trinajstić information content (AvgIpc) is 2.93. The van der Waals surface area contributed by atoms with Crippen molar-refractivity contribution < 1.29 is 14.3 Å². The first kappa shape index (κ1) is 19.5. The lowest BCUT2D eigenvalue weighted by molar-refractivity contribution is -0.149. The highest BCUT2D eigenvalue weighted by Gasteiger charge is 2.61. The summed E-state index contributed by atoms with van der Waals surface area (Å²) >= 11 is 7.01. The first-order valence-electron chi connectivity index (χ1n) is 10.7. The fourth-order valence-electron chi connectivity index (χ4n) is 7.57. The van der Waals surface area contributed by atoms with E-state index in [0.717, 1.165) is 44.9 Å². The van der Waals surface area contributed by atoms with Crippen molar-refractivity contribution in [2.75, 3.05) is 0 Å². The lowest BCUT2D eigenvalue weighted by Gasteiger charge is -2.59. The smallest absolute Gasteiger partial charge is 0.302 e. The van der Waals surface area contributed by atoms with Crippen molar-refractivity contribution in [3.05, 3.63) is 11.6 Å². The van der Waals surface area contributed by atoms with Gasteiger partial charge in [-0.2, -0.15) is 0 Å². The van der Waals surface area contributed by atoms with Crippen molar-refractivity contribution in [3.8, 4) is 0 Å². The number of ether oxygens (including phenoxy) is 1. The van der Waals surface area contributed by atoms with E-state index in [4.69, 9.17) is 16.3 Å². The minimum atomic E-state index is -0.185. The molecule has 0 radical (unpaired) electrons. The number of ketones is 1. The van der Waals surface area contributed by atoms with Gasteiger partial charge in [0, 0.05) is 19.3 Å². The third-order valence-electron chi connectivity index (χ3n) is 8.87. The first-order chi connectivity index (χ1) is 12.7. The van der Waals surface area contributed by atoms with E-state index in [2.05, 4.69) is 19.9 Å². The van der Waals surface area contributed by atoms with Crippen LogP contribution in [0.1, 0.15) is 72.6 Å². The molecule has 4 heteroatoms. The number of Topliss-reactive ketones (excluding diaryl/α,β-unsaturated/α-hetero) is 1. The van der Waals surface area contributed by atoms with Crippen molar-refractivity contribution in [3.63, 3.8) is 0 Å². The van der Waals surface area contributed by atoms with Crippen LogP contribution in [0, 0.1) is 34.5 Å². The summed E-state index contributed by atoms with van der Waals surface area (Å²) in [6, 6.07) is 0. The van der Waals surface area contributed by atoms with Gasteiger partial charge in [0.25, 0.3) is 0 Å². The highest BCUT2D eigenvalue weighted by Crippen LogP contribution is 2.67. The van der Waals surface area contributed by atoms with Gasteiger partial charge in [0.1, 0.15) is 11.9 Å². The standard InChI is InChI=1S/C23H33ClO3/c1-13(25)17-5-6-18-21-19(8-10-23(17,18)4)22(3)9-7-16(27-14(2)26)11-15(22)12-20(21)24/h12,16-21H,5-11H2,1-4H3/t16-,17?,18?,19?,20?,21?,22-,23+/m0/s1. The van der Waals surface area contributed by atoms with Gasteiger partial charge in [-0.1, -0.05) is 25.5 Å². The molecule has 0 saturated heterocycles. The van der Waals surface area contributed by atoms with Gasteiger partial charge in [-0.05, 0) is 74.0 Å². The number of carbonyl (C=O) groups is 2. The van der Waals surface area contributed by atoms with E-state index >= 15 is 0 Å². The van der Waals surface area contributed by atoms with E-state index in [1.807, 2.05) is 0 Å². The van der Waals surface area contributed by atoms with Gasteiger partial charge in [-0.25, -0.2) is 0 Å². The van der Waals surface area contributed by atoms with Gasteiger partial charge < -0.3 is 4.74 Å². The molecule has 0 bridgehead atoms. The molecule has 0 aromatic carbocycles. The summed E-state index contributed by atoms with van der Waals surface area (Å²) in [4.78, 5) is 23.7. The number of halogens is 1. The van der Waals surface area contributed by atoms with Crippen LogP contribution in [0.5, 0.6) is 0 Å². The van der Waals surface area contributed by atoms with E-state index in [-0.39, 0.29) is 34.2 Å². The Morgan fingerprint density at radius 2 is 1.81 bits per heavy atom. The molecule has 27 heavy (non-hydrogen) atoms. The molecule has 0 heterocycles. The lowest BCUT2D eigenvalue weighted by atomic mass is 9.47. The summed E-state index contributed by atoms with van der Waals surface area (Å²) in [5.41, 5.74) is 1.70. The molecule has 0 aromatic rings. The maximum Gasteiger partial charge on any atom is 0.302 e. The Labute approximate surface area is 168 Å². The lowest BCUT2D eigenvalue weighted by Crippen LogP contribution is -2.54. The zero-order valence-corrected chi connectivity index (χ0v) is 17.8. The zero-order valence-electron chi connectivity index (χ0n) is 17.1. The number of rotatable bonds is 2. The predicted octanol–water partition coefficient (Wildman–Crippen LogP) is 5.30. The van der Waals surface area contributed by atoms with Crippen molar-refractivity contribution in [1.29, 1.82) is 0 Å². The average molecular weight is 393 g/mol. The second-order valence-corrected chi connectivity index (χ2v) is 10.6. The van der Waals surface area contributed by atoms with Crippen LogP contribution in [-0.2, 0) is 14.3 Å². The van der Waals surface area contributed by atoms with Crippen LogP contribution in [0.15, 0.2) is 11.6 Å². The molecule has 0 N–H and O–H groups in total. The number of hydrogen-bond donors (Lipinski definition) is 0. The van der Waals surface area contributed by atoms with Gasteiger partial charge in [-0.3, -0.25) is 9.59 Å². The molecule has 150 valence electrons. The number of esters is 1. The molecule has 4 aliphatic carbocycles. The van der Waals surface area contributed by atoms with E-state index in [0.29, 0.717) is 23.5 Å². The van der Waals surface area contributed by atoms with Crippen molar-refractivity contribution in [1.82, 2.24) is 0 Å². The summed E-state index contributed by atoms with van der Waals surface area (Å²) in [5, 5.41) is 0.0319. The van der Waals surface area contributed by atoms with Gasteiger partial charge in [0.2, 0.25) is 0 Å². The van der Waals surface area contributed by atoms with Crippen LogP contribution in [0.4, 0.5) is 0 Å². The maximum atomic E-state index is 12.3. The first-order valence-corrected chi connectivity index (χ1v) is 11.1. The molecular weight excluding hydrogens is 360 g/mol. The molecule has 4 rings (SSSR count). The highest BCUT2D eigenvalue weighted by molar-refractivity contribution is 6.22. The Bertz CT molecular complexity index is 685. The van der Waals surface area contributed by atoms with Crippen LogP contribution in [0.3, 0.4) is 0 Å². The van der Waals surface area contributed by atoms with Gasteiger partial charge >= 0.3 is 5.97 Å². The summed E-state index contributed by atoms with van der Waals surface area (Å²) < 4.78 is 5.52. The molecule has 0 spiro atoms. The third kappa shape index (κ3) is 2.91. The molecule has 0 aromatic heterocycles. The molecule has 3 saturated carbocycles. The Morgan fingerprint density at radius 1 is 1.07 bits per heavy atom. The Hall–Kier alpha value is -0.830. The molecule has 0 amide bonds. The fraction of sp³-hybridized carbons (Fsp3) is 0.826. The Morgan fingerprint density at radius 3 is 2.48 bits per heavy atom. The minimum Gasteiger partial charge on any atom is -0.462 e. The van der Waals surface area contributed by atoms with Crippen LogP contribution in [-0.4, -0.2) is 23.2 Å². The van der Waals surface area contributed by atoms with E-state index in [1.165, 1.54) is 12.5 Å². The number of carbonyl (C=O) groups excluding carboxylic acids is 2. The number of alkyl halides is 1. The van der Waals surface area contributed by atoms with Crippen LogP contribution in [0.25, 0.3) is 0 Å². The predicted molar refractivity (Wildman–Crippen MR) is 106 cm³/mol. The Kier molecular flexibility index (Phi) is 4.77. The van der Waals surface area contributed by atoms with E-state index in [1.54, 1.807) is 6.92 Å². The molecular formula is C23H33ClO3.